The summed E-state index contributed by atoms with van der Waals surface area (Å²) >= 11 is 0. The van der Waals surface area contributed by atoms with Crippen molar-refractivity contribution >= 4 is 11.7 Å². The van der Waals surface area contributed by atoms with Gasteiger partial charge in [-0.2, -0.15) is 10.2 Å². The monoisotopic (exact) mass is 385 g/mol. The maximum atomic E-state index is 13.0. The summed E-state index contributed by atoms with van der Waals surface area (Å²) in [5.41, 5.74) is 4.26. The van der Waals surface area contributed by atoms with Gasteiger partial charge in [-0.1, -0.05) is 61.9 Å². The van der Waals surface area contributed by atoms with Gasteiger partial charge in [-0.05, 0) is 18.6 Å². The topological polar surface area (TPSA) is 64.7 Å². The highest BCUT2D eigenvalue weighted by Gasteiger charge is 2.19. The molecule has 4 rings (SSSR count). The number of benzene rings is 2. The molecule has 29 heavy (non-hydrogen) atoms. The van der Waals surface area contributed by atoms with Crippen molar-refractivity contribution in [3.8, 4) is 16.9 Å². The molecule has 6 heteroatoms. The van der Waals surface area contributed by atoms with Crippen LogP contribution in [0.3, 0.4) is 0 Å². The Balaban J connectivity index is 1.63. The van der Waals surface area contributed by atoms with Gasteiger partial charge in [0.1, 0.15) is 5.82 Å². The molecule has 4 aromatic rings. The fourth-order valence-electron chi connectivity index (χ4n) is 3.35. The van der Waals surface area contributed by atoms with Crippen molar-refractivity contribution in [3.63, 3.8) is 0 Å². The molecule has 0 fully saturated rings. The standard InChI is InChI=1S/C23H23N5O/c1-3-10-21-19(16-24-28(21)18-13-8-5-9-14-18)23(29)25-22-15-20(26-27(22)2)17-11-6-4-7-12-17/h4-9,11-16H,3,10H2,1-2H3,(H,25,29). The van der Waals surface area contributed by atoms with Gasteiger partial charge >= 0.3 is 0 Å². The minimum atomic E-state index is -0.182. The molecule has 0 unspecified atom stereocenters. The zero-order valence-corrected chi connectivity index (χ0v) is 16.5. The average molecular weight is 385 g/mol. The lowest BCUT2D eigenvalue weighted by Crippen LogP contribution is -2.16. The molecular formula is C23H23N5O. The van der Waals surface area contributed by atoms with Gasteiger partial charge in [0.15, 0.2) is 0 Å². The Morgan fingerprint density at radius 3 is 2.41 bits per heavy atom. The number of carbonyl (C=O) groups excluding carboxylic acids is 1. The minimum absolute atomic E-state index is 0.182. The SMILES string of the molecule is CCCc1c(C(=O)Nc2cc(-c3ccccc3)nn2C)cnn1-c1ccccc1. The van der Waals surface area contributed by atoms with Crippen LogP contribution in [-0.2, 0) is 13.5 Å². The lowest BCUT2D eigenvalue weighted by Gasteiger charge is -2.09. The van der Waals surface area contributed by atoms with E-state index in [0.29, 0.717) is 11.4 Å². The number of aryl methyl sites for hydroxylation is 1. The van der Waals surface area contributed by atoms with Gasteiger partial charge in [0.2, 0.25) is 0 Å². The normalized spacial score (nSPS) is 10.8. The molecule has 146 valence electrons. The Labute approximate surface area is 169 Å². The van der Waals surface area contributed by atoms with Crippen molar-refractivity contribution in [1.29, 1.82) is 0 Å². The molecule has 0 aliphatic rings. The second-order valence-electron chi connectivity index (χ2n) is 6.86. The third-order valence-corrected chi connectivity index (χ3v) is 4.79. The van der Waals surface area contributed by atoms with Crippen LogP contribution in [0.5, 0.6) is 0 Å². The van der Waals surface area contributed by atoms with Gasteiger partial charge in [0, 0.05) is 18.7 Å². The van der Waals surface area contributed by atoms with Crippen molar-refractivity contribution in [2.75, 3.05) is 5.32 Å². The van der Waals surface area contributed by atoms with Crippen molar-refractivity contribution in [1.82, 2.24) is 19.6 Å². The largest absolute Gasteiger partial charge is 0.307 e. The summed E-state index contributed by atoms with van der Waals surface area (Å²) in [6.07, 6.45) is 3.32. The van der Waals surface area contributed by atoms with E-state index < -0.39 is 0 Å². The van der Waals surface area contributed by atoms with E-state index in [-0.39, 0.29) is 5.91 Å². The molecule has 0 bridgehead atoms. The molecule has 0 atom stereocenters. The molecule has 2 aromatic heterocycles. The van der Waals surface area contributed by atoms with Gasteiger partial charge in [0.05, 0.1) is 28.8 Å². The van der Waals surface area contributed by atoms with E-state index >= 15 is 0 Å². The Kier molecular flexibility index (Phi) is 5.24. The highest BCUT2D eigenvalue weighted by molar-refractivity contribution is 6.04. The number of aromatic nitrogens is 4. The summed E-state index contributed by atoms with van der Waals surface area (Å²) in [5.74, 6) is 0.460. The Hall–Kier alpha value is -3.67. The summed E-state index contributed by atoms with van der Waals surface area (Å²) in [6.45, 7) is 2.09. The second kappa shape index (κ2) is 8.14. The van der Waals surface area contributed by atoms with E-state index in [1.54, 1.807) is 10.9 Å². The average Bonchev–Trinajstić information content (AvgIpc) is 3.33. The molecule has 1 N–H and O–H groups in total. The molecule has 6 nitrogen and oxygen atoms in total. The molecule has 0 saturated carbocycles. The summed E-state index contributed by atoms with van der Waals surface area (Å²) < 4.78 is 3.53. The molecular weight excluding hydrogens is 362 g/mol. The van der Waals surface area contributed by atoms with E-state index in [9.17, 15) is 4.79 Å². The van der Waals surface area contributed by atoms with Gasteiger partial charge in [-0.25, -0.2) is 4.68 Å². The molecule has 0 saturated heterocycles. The van der Waals surface area contributed by atoms with E-state index in [0.717, 1.165) is 35.5 Å². The number of nitrogens with zero attached hydrogens (tertiary/aromatic N) is 4. The van der Waals surface area contributed by atoms with Crippen LogP contribution in [0.4, 0.5) is 5.82 Å². The summed E-state index contributed by atoms with van der Waals surface area (Å²) in [5, 5.41) is 12.0. The van der Waals surface area contributed by atoms with Crippen LogP contribution in [-0.4, -0.2) is 25.5 Å². The van der Waals surface area contributed by atoms with Crippen LogP contribution in [0.25, 0.3) is 16.9 Å². The molecule has 0 aliphatic heterocycles. The summed E-state index contributed by atoms with van der Waals surface area (Å²) in [7, 11) is 1.82. The first-order chi connectivity index (χ1) is 14.2. The predicted molar refractivity (Wildman–Crippen MR) is 114 cm³/mol. The molecule has 0 radical (unpaired) electrons. The molecule has 1 amide bonds. The van der Waals surface area contributed by atoms with Crippen molar-refractivity contribution in [3.05, 3.63) is 84.2 Å². The number of amides is 1. The first kappa shape index (κ1) is 18.7. The number of hydrogen-bond donors (Lipinski definition) is 1. The second-order valence-corrected chi connectivity index (χ2v) is 6.86. The zero-order valence-electron chi connectivity index (χ0n) is 16.5. The third-order valence-electron chi connectivity index (χ3n) is 4.79. The van der Waals surface area contributed by atoms with E-state index in [2.05, 4.69) is 22.4 Å². The van der Waals surface area contributed by atoms with Crippen molar-refractivity contribution < 1.29 is 4.79 Å². The number of para-hydroxylation sites is 1. The van der Waals surface area contributed by atoms with Gasteiger partial charge < -0.3 is 5.32 Å². The van der Waals surface area contributed by atoms with E-state index in [1.165, 1.54) is 0 Å². The zero-order chi connectivity index (χ0) is 20.2. The van der Waals surface area contributed by atoms with Crippen LogP contribution < -0.4 is 5.32 Å². The summed E-state index contributed by atoms with van der Waals surface area (Å²) in [6, 6.07) is 21.7. The maximum absolute atomic E-state index is 13.0. The third kappa shape index (κ3) is 3.82. The van der Waals surface area contributed by atoms with Crippen LogP contribution >= 0.6 is 0 Å². The molecule has 0 spiro atoms. The Bertz CT molecular complexity index is 1110. The lowest BCUT2D eigenvalue weighted by molar-refractivity contribution is 0.102. The first-order valence-electron chi connectivity index (χ1n) is 9.70. The highest BCUT2D eigenvalue weighted by Crippen LogP contribution is 2.23. The van der Waals surface area contributed by atoms with Crippen molar-refractivity contribution in [2.45, 2.75) is 19.8 Å². The number of anilines is 1. The van der Waals surface area contributed by atoms with Gasteiger partial charge in [-0.3, -0.25) is 9.48 Å². The molecule has 0 aliphatic carbocycles. The minimum Gasteiger partial charge on any atom is -0.307 e. The van der Waals surface area contributed by atoms with Crippen LogP contribution in [0.1, 0.15) is 29.4 Å². The van der Waals surface area contributed by atoms with Gasteiger partial charge in [-0.15, -0.1) is 0 Å². The lowest BCUT2D eigenvalue weighted by atomic mass is 10.1. The van der Waals surface area contributed by atoms with E-state index in [1.807, 2.05) is 78.5 Å². The Morgan fingerprint density at radius 2 is 1.72 bits per heavy atom. The van der Waals surface area contributed by atoms with Crippen LogP contribution in [0.2, 0.25) is 0 Å². The quantitative estimate of drug-likeness (QED) is 0.532. The number of rotatable bonds is 6. The fourth-order valence-corrected chi connectivity index (χ4v) is 3.35. The van der Waals surface area contributed by atoms with Crippen molar-refractivity contribution in [2.24, 2.45) is 7.05 Å². The maximum Gasteiger partial charge on any atom is 0.260 e. The Morgan fingerprint density at radius 1 is 1.03 bits per heavy atom. The van der Waals surface area contributed by atoms with Gasteiger partial charge in [0.25, 0.3) is 5.91 Å². The summed E-state index contributed by atoms with van der Waals surface area (Å²) in [4.78, 5) is 13.0. The smallest absolute Gasteiger partial charge is 0.260 e. The predicted octanol–water partition coefficient (Wildman–Crippen LogP) is 4.48. The first-order valence-corrected chi connectivity index (χ1v) is 9.70. The number of carbonyl (C=O) groups is 1. The molecule has 2 aromatic carbocycles. The van der Waals surface area contributed by atoms with Crippen LogP contribution in [0.15, 0.2) is 72.9 Å². The number of nitrogens with one attached hydrogen (secondary N) is 1. The van der Waals surface area contributed by atoms with Crippen LogP contribution in [0, 0.1) is 0 Å². The fraction of sp³-hybridized carbons (Fsp3) is 0.174. The molecule has 2 heterocycles. The van der Waals surface area contributed by atoms with E-state index in [4.69, 9.17) is 0 Å². The highest BCUT2D eigenvalue weighted by atomic mass is 16.1. The number of hydrogen-bond acceptors (Lipinski definition) is 3.